The van der Waals surface area contributed by atoms with Gasteiger partial charge < -0.3 is 10.4 Å². The second kappa shape index (κ2) is 13.6. The molecule has 1 aromatic rings. The fourth-order valence-corrected chi connectivity index (χ4v) is 0.739. The van der Waals surface area contributed by atoms with Gasteiger partial charge in [-0.3, -0.25) is 4.98 Å². The molecule has 0 saturated heterocycles. The van der Waals surface area contributed by atoms with Crippen LogP contribution in [0.1, 0.15) is 38.1 Å². The number of nitrogens with zero attached hydrogens (tertiary/aromatic N) is 1. The van der Waals surface area contributed by atoms with E-state index in [0.29, 0.717) is 0 Å². The van der Waals surface area contributed by atoms with Crippen molar-refractivity contribution in [3.05, 3.63) is 30.1 Å². The first-order valence-corrected chi connectivity index (χ1v) is 5.56. The molecule has 0 aliphatic rings. The van der Waals surface area contributed by atoms with Gasteiger partial charge in [-0.2, -0.15) is 0 Å². The van der Waals surface area contributed by atoms with E-state index in [1.165, 1.54) is 18.5 Å². The van der Waals surface area contributed by atoms with Crippen molar-refractivity contribution in [2.24, 2.45) is 0 Å². The van der Waals surface area contributed by atoms with E-state index in [9.17, 15) is 4.79 Å². The van der Waals surface area contributed by atoms with Crippen molar-refractivity contribution in [3.63, 3.8) is 0 Å². The molecule has 16 heavy (non-hydrogen) atoms. The summed E-state index contributed by atoms with van der Waals surface area (Å²) in [6, 6.07) is 3.08. The molecule has 0 fully saturated rings. The van der Waals surface area contributed by atoms with E-state index in [-0.39, 0.29) is 5.56 Å². The van der Waals surface area contributed by atoms with E-state index in [1.54, 1.807) is 6.07 Å². The highest BCUT2D eigenvalue weighted by Gasteiger charge is 1.97. The van der Waals surface area contributed by atoms with E-state index in [4.69, 9.17) is 5.11 Å². The summed E-state index contributed by atoms with van der Waals surface area (Å²) in [5, 5.41) is 11.5. The quantitative estimate of drug-likeness (QED) is 0.831. The predicted molar refractivity (Wildman–Crippen MR) is 66.8 cm³/mol. The summed E-state index contributed by atoms with van der Waals surface area (Å²) in [4.78, 5) is 13.8. The summed E-state index contributed by atoms with van der Waals surface area (Å²) in [6.07, 6.45) is 2.84. The number of carbonyl (C=O) groups is 1. The molecule has 0 atom stereocenters. The number of hydrogen-bond acceptors (Lipinski definition) is 3. The van der Waals surface area contributed by atoms with Crippen LogP contribution in [-0.2, 0) is 0 Å². The molecule has 0 amide bonds. The monoisotopic (exact) mass is 226 g/mol. The third-order valence-corrected chi connectivity index (χ3v) is 1.41. The average molecular weight is 226 g/mol. The lowest BCUT2D eigenvalue weighted by Gasteiger charge is -1.87. The molecule has 0 aliphatic heterocycles. The first-order chi connectivity index (χ1) is 7.72. The van der Waals surface area contributed by atoms with Crippen LogP contribution in [0, 0.1) is 0 Å². The van der Waals surface area contributed by atoms with Gasteiger partial charge in [-0.1, -0.05) is 27.7 Å². The van der Waals surface area contributed by atoms with Crippen LogP contribution in [0.4, 0.5) is 0 Å². The van der Waals surface area contributed by atoms with Gasteiger partial charge in [0.05, 0.1) is 5.56 Å². The number of aromatic nitrogens is 1. The SMILES string of the molecule is CC.CCNCC.O=C(O)c1cccnc1. The molecule has 4 nitrogen and oxygen atoms in total. The van der Waals surface area contributed by atoms with Crippen molar-refractivity contribution < 1.29 is 9.90 Å². The molecule has 0 unspecified atom stereocenters. The van der Waals surface area contributed by atoms with Gasteiger partial charge in [-0.05, 0) is 25.2 Å². The molecule has 1 heterocycles. The van der Waals surface area contributed by atoms with Gasteiger partial charge in [0, 0.05) is 12.4 Å². The van der Waals surface area contributed by atoms with Gasteiger partial charge in [0.2, 0.25) is 0 Å². The van der Waals surface area contributed by atoms with Crippen molar-refractivity contribution in [1.29, 1.82) is 0 Å². The zero-order chi connectivity index (χ0) is 12.8. The van der Waals surface area contributed by atoms with E-state index >= 15 is 0 Å². The number of pyridine rings is 1. The van der Waals surface area contributed by atoms with Gasteiger partial charge in [0.1, 0.15) is 0 Å². The van der Waals surface area contributed by atoms with Gasteiger partial charge in [0.25, 0.3) is 0 Å². The highest BCUT2D eigenvalue weighted by atomic mass is 16.4. The van der Waals surface area contributed by atoms with Crippen molar-refractivity contribution in [1.82, 2.24) is 10.3 Å². The molecular weight excluding hydrogens is 204 g/mol. The van der Waals surface area contributed by atoms with Crippen LogP contribution >= 0.6 is 0 Å². The Bertz CT molecular complexity index is 248. The summed E-state index contributed by atoms with van der Waals surface area (Å²) in [5.41, 5.74) is 0.220. The Labute approximate surface area is 97.7 Å². The molecular formula is C12H22N2O2. The van der Waals surface area contributed by atoms with Crippen LogP contribution < -0.4 is 5.32 Å². The predicted octanol–water partition coefficient (Wildman–Crippen LogP) is 2.42. The molecule has 1 aromatic heterocycles. The fraction of sp³-hybridized carbons (Fsp3) is 0.500. The van der Waals surface area contributed by atoms with E-state index in [2.05, 4.69) is 24.1 Å². The van der Waals surface area contributed by atoms with Crippen LogP contribution in [-0.4, -0.2) is 29.1 Å². The highest BCUT2D eigenvalue weighted by molar-refractivity contribution is 5.86. The highest BCUT2D eigenvalue weighted by Crippen LogP contribution is 1.92. The van der Waals surface area contributed by atoms with Crippen LogP contribution in [0.3, 0.4) is 0 Å². The molecule has 2 N–H and O–H groups in total. The van der Waals surface area contributed by atoms with Crippen LogP contribution in [0.5, 0.6) is 0 Å². The first-order valence-electron chi connectivity index (χ1n) is 5.56. The Kier molecular flexibility index (Phi) is 14.4. The molecule has 0 aliphatic carbocycles. The Balaban J connectivity index is 0. The minimum atomic E-state index is -0.942. The zero-order valence-electron chi connectivity index (χ0n) is 10.5. The minimum Gasteiger partial charge on any atom is -0.478 e. The molecule has 92 valence electrons. The maximum Gasteiger partial charge on any atom is 0.337 e. The number of rotatable bonds is 3. The summed E-state index contributed by atoms with van der Waals surface area (Å²) >= 11 is 0. The zero-order valence-corrected chi connectivity index (χ0v) is 10.5. The molecule has 0 aromatic carbocycles. The lowest BCUT2D eigenvalue weighted by atomic mass is 10.3. The van der Waals surface area contributed by atoms with E-state index in [1.807, 2.05) is 13.8 Å². The Hall–Kier alpha value is -1.42. The van der Waals surface area contributed by atoms with Gasteiger partial charge in [-0.25, -0.2) is 4.79 Å². The molecule has 1 rings (SSSR count). The first kappa shape index (κ1) is 17.0. The molecule has 4 heteroatoms. The lowest BCUT2D eigenvalue weighted by Crippen LogP contribution is -2.09. The second-order valence-electron chi connectivity index (χ2n) is 2.50. The van der Waals surface area contributed by atoms with Gasteiger partial charge in [0.15, 0.2) is 0 Å². The number of carboxylic acid groups (broad SMARTS) is 1. The average Bonchev–Trinajstić information content (AvgIpc) is 2.34. The van der Waals surface area contributed by atoms with Crippen molar-refractivity contribution in [2.75, 3.05) is 13.1 Å². The van der Waals surface area contributed by atoms with E-state index < -0.39 is 5.97 Å². The number of nitrogens with one attached hydrogen (secondary N) is 1. The standard InChI is InChI=1S/C6H5NO2.C4H11N.C2H6/c8-6(9)5-2-1-3-7-4-5;1-3-5-4-2;1-2/h1-4H,(H,8,9);5H,3-4H2,1-2H3;1-2H3. The summed E-state index contributed by atoms with van der Waals surface area (Å²) in [5.74, 6) is -0.942. The van der Waals surface area contributed by atoms with Gasteiger partial charge >= 0.3 is 5.97 Å². The molecule has 0 saturated carbocycles. The molecule has 0 radical (unpaired) electrons. The van der Waals surface area contributed by atoms with Crippen molar-refractivity contribution >= 4 is 5.97 Å². The Morgan fingerprint density at radius 2 is 1.94 bits per heavy atom. The topological polar surface area (TPSA) is 62.2 Å². The van der Waals surface area contributed by atoms with Crippen LogP contribution in [0.2, 0.25) is 0 Å². The van der Waals surface area contributed by atoms with Crippen molar-refractivity contribution in [3.8, 4) is 0 Å². The summed E-state index contributed by atoms with van der Waals surface area (Å²) in [7, 11) is 0. The Morgan fingerprint density at radius 1 is 1.38 bits per heavy atom. The summed E-state index contributed by atoms with van der Waals surface area (Å²) < 4.78 is 0. The fourth-order valence-electron chi connectivity index (χ4n) is 0.739. The third kappa shape index (κ3) is 10.7. The normalized spacial score (nSPS) is 8.00. The van der Waals surface area contributed by atoms with Gasteiger partial charge in [-0.15, -0.1) is 0 Å². The van der Waals surface area contributed by atoms with Crippen molar-refractivity contribution in [2.45, 2.75) is 27.7 Å². The largest absolute Gasteiger partial charge is 0.478 e. The summed E-state index contributed by atoms with van der Waals surface area (Å²) in [6.45, 7) is 10.4. The second-order valence-corrected chi connectivity index (χ2v) is 2.50. The van der Waals surface area contributed by atoms with Crippen LogP contribution in [0.15, 0.2) is 24.5 Å². The van der Waals surface area contributed by atoms with Crippen LogP contribution in [0.25, 0.3) is 0 Å². The lowest BCUT2D eigenvalue weighted by molar-refractivity contribution is 0.0696. The third-order valence-electron chi connectivity index (χ3n) is 1.41. The number of carboxylic acids is 1. The molecule has 0 bridgehead atoms. The maximum absolute atomic E-state index is 10.2. The smallest absolute Gasteiger partial charge is 0.337 e. The number of hydrogen-bond donors (Lipinski definition) is 2. The van der Waals surface area contributed by atoms with E-state index in [0.717, 1.165) is 13.1 Å². The number of aromatic carboxylic acids is 1. The minimum absolute atomic E-state index is 0.220. The molecule has 0 spiro atoms. The Morgan fingerprint density at radius 3 is 2.12 bits per heavy atom. The maximum atomic E-state index is 10.2.